The van der Waals surface area contributed by atoms with Crippen LogP contribution < -0.4 is 4.74 Å². The van der Waals surface area contributed by atoms with Crippen LogP contribution in [0.2, 0.25) is 0 Å². The molecule has 1 spiro atoms. The van der Waals surface area contributed by atoms with Gasteiger partial charge in [-0.25, -0.2) is 4.98 Å². The molecule has 1 fully saturated rings. The number of hydrogen-bond acceptors (Lipinski definition) is 5. The van der Waals surface area contributed by atoms with Crippen LogP contribution in [0.25, 0.3) is 0 Å². The molecule has 4 rings (SSSR count). The molecule has 0 bridgehead atoms. The third-order valence-corrected chi connectivity index (χ3v) is 6.26. The minimum Gasteiger partial charge on any atom is -0.490 e. The summed E-state index contributed by atoms with van der Waals surface area (Å²) in [5, 5.41) is 0. The van der Waals surface area contributed by atoms with Gasteiger partial charge in [0.25, 0.3) is 5.91 Å². The number of benzene rings is 1. The molecule has 1 saturated heterocycles. The summed E-state index contributed by atoms with van der Waals surface area (Å²) in [6.45, 7) is 1.68. The fraction of sp³-hybridized carbons (Fsp3) is 0.522. The number of amides is 1. The Hall–Kier alpha value is -2.83. The second-order valence-electron chi connectivity index (χ2n) is 8.30. The number of nitrogens with zero attached hydrogens (tertiary/aromatic N) is 3. The van der Waals surface area contributed by atoms with Crippen molar-refractivity contribution in [1.82, 2.24) is 14.5 Å². The molecule has 7 heteroatoms. The number of aryl methyl sites for hydroxylation is 2. The van der Waals surface area contributed by atoms with E-state index in [1.165, 1.54) is 5.56 Å². The van der Waals surface area contributed by atoms with Crippen molar-refractivity contribution in [3.63, 3.8) is 0 Å². The predicted molar refractivity (Wildman–Crippen MR) is 111 cm³/mol. The Morgan fingerprint density at radius 3 is 2.60 bits per heavy atom. The molecule has 1 aromatic carbocycles. The van der Waals surface area contributed by atoms with Gasteiger partial charge in [0.05, 0.1) is 11.7 Å². The van der Waals surface area contributed by atoms with Crippen LogP contribution >= 0.6 is 0 Å². The second kappa shape index (κ2) is 8.90. The average molecular weight is 412 g/mol. The molecule has 0 unspecified atom stereocenters. The Balaban J connectivity index is 1.41. The highest BCUT2D eigenvalue weighted by Crippen LogP contribution is 2.39. The Morgan fingerprint density at radius 2 is 1.83 bits per heavy atom. The lowest BCUT2D eigenvalue weighted by Gasteiger charge is -2.40. The monoisotopic (exact) mass is 411 g/mol. The Bertz CT molecular complexity index is 899. The minimum absolute atomic E-state index is 0.0722. The maximum Gasteiger partial charge on any atom is 0.312 e. The van der Waals surface area contributed by atoms with Crippen LogP contribution in [0.3, 0.4) is 0 Å². The molecule has 2 aliphatic heterocycles. The smallest absolute Gasteiger partial charge is 0.312 e. The van der Waals surface area contributed by atoms with E-state index in [2.05, 4.69) is 11.1 Å². The largest absolute Gasteiger partial charge is 0.490 e. The van der Waals surface area contributed by atoms with Crippen molar-refractivity contribution in [2.24, 2.45) is 12.5 Å². The summed E-state index contributed by atoms with van der Waals surface area (Å²) in [7, 11) is 1.85. The molecule has 1 aromatic heterocycles. The van der Waals surface area contributed by atoms with Crippen LogP contribution in [0.5, 0.6) is 5.75 Å². The third-order valence-electron chi connectivity index (χ3n) is 6.26. The molecular formula is C23H29N3O4. The lowest BCUT2D eigenvalue weighted by atomic mass is 9.74. The van der Waals surface area contributed by atoms with E-state index in [4.69, 9.17) is 9.47 Å². The zero-order valence-corrected chi connectivity index (χ0v) is 17.5. The van der Waals surface area contributed by atoms with Crippen molar-refractivity contribution in [2.45, 2.75) is 38.5 Å². The van der Waals surface area contributed by atoms with E-state index in [1.807, 2.05) is 25.2 Å². The number of carbonyl (C=O) groups excluding carboxylic acids is 2. The molecule has 2 aliphatic rings. The maximum absolute atomic E-state index is 13.0. The summed E-state index contributed by atoms with van der Waals surface area (Å²) in [5.74, 6) is 0.659. The zero-order chi connectivity index (χ0) is 21.0. The lowest BCUT2D eigenvalue weighted by molar-refractivity contribution is -0.160. The number of cyclic esters (lactones) is 1. The van der Waals surface area contributed by atoms with Crippen LogP contribution in [-0.2, 0) is 23.0 Å². The number of hydrogen-bond donors (Lipinski definition) is 0. The van der Waals surface area contributed by atoms with E-state index < -0.39 is 5.41 Å². The summed E-state index contributed by atoms with van der Waals surface area (Å²) in [5.41, 5.74) is 1.14. The van der Waals surface area contributed by atoms with Gasteiger partial charge in [0.15, 0.2) is 0 Å². The number of piperidine rings is 1. The molecule has 160 valence electrons. The van der Waals surface area contributed by atoms with E-state index >= 15 is 0 Å². The normalized spacial score (nSPS) is 19.8. The standard InChI is InChI=1S/C23H29N3O4/c1-25-16-19(24-17-25)21(27)26-12-10-23(11-13-26)9-5-4-7-18-6-2-3-8-20(18)29-14-15-30-22(23)28/h2-3,6,8,16-17H,4-5,7,9-15H2,1H3. The summed E-state index contributed by atoms with van der Waals surface area (Å²) in [6.07, 6.45) is 8.28. The van der Waals surface area contributed by atoms with Crippen molar-refractivity contribution < 1.29 is 19.1 Å². The quantitative estimate of drug-likeness (QED) is 0.675. The van der Waals surface area contributed by atoms with Crippen LogP contribution in [0.1, 0.15) is 48.2 Å². The van der Waals surface area contributed by atoms with E-state index in [0.717, 1.165) is 31.4 Å². The molecule has 7 nitrogen and oxygen atoms in total. The molecule has 0 N–H and O–H groups in total. The Labute approximate surface area is 177 Å². The number of likely N-dealkylation sites (tertiary alicyclic amines) is 1. The number of para-hydroxylation sites is 1. The van der Waals surface area contributed by atoms with E-state index in [9.17, 15) is 9.59 Å². The van der Waals surface area contributed by atoms with Gasteiger partial charge in [-0.3, -0.25) is 9.59 Å². The molecule has 30 heavy (non-hydrogen) atoms. The van der Waals surface area contributed by atoms with E-state index in [-0.39, 0.29) is 18.5 Å². The number of imidazole rings is 1. The van der Waals surface area contributed by atoms with Gasteiger partial charge in [0, 0.05) is 26.3 Å². The first-order valence-corrected chi connectivity index (χ1v) is 10.7. The first kappa shape index (κ1) is 20.4. The number of ether oxygens (including phenoxy) is 2. The highest BCUT2D eigenvalue weighted by Gasteiger charge is 2.43. The summed E-state index contributed by atoms with van der Waals surface area (Å²) >= 11 is 0. The maximum atomic E-state index is 13.0. The summed E-state index contributed by atoms with van der Waals surface area (Å²) in [4.78, 5) is 31.7. The average Bonchev–Trinajstić information content (AvgIpc) is 3.20. The highest BCUT2D eigenvalue weighted by molar-refractivity contribution is 5.92. The number of esters is 1. The fourth-order valence-electron chi connectivity index (χ4n) is 4.45. The second-order valence-corrected chi connectivity index (χ2v) is 8.30. The van der Waals surface area contributed by atoms with Crippen molar-refractivity contribution in [2.75, 3.05) is 26.3 Å². The van der Waals surface area contributed by atoms with Gasteiger partial charge in [0.2, 0.25) is 0 Å². The molecule has 1 amide bonds. The van der Waals surface area contributed by atoms with Gasteiger partial charge in [-0.05, 0) is 43.7 Å². The van der Waals surface area contributed by atoms with Crippen LogP contribution in [0.15, 0.2) is 36.8 Å². The molecule has 2 aromatic rings. The van der Waals surface area contributed by atoms with Crippen molar-refractivity contribution in [3.8, 4) is 5.75 Å². The van der Waals surface area contributed by atoms with Crippen molar-refractivity contribution in [3.05, 3.63) is 48.0 Å². The van der Waals surface area contributed by atoms with Crippen LogP contribution in [0, 0.1) is 5.41 Å². The van der Waals surface area contributed by atoms with Gasteiger partial charge < -0.3 is 18.9 Å². The van der Waals surface area contributed by atoms with Crippen molar-refractivity contribution >= 4 is 11.9 Å². The molecule has 0 radical (unpaired) electrons. The Morgan fingerprint density at radius 1 is 1.07 bits per heavy atom. The topological polar surface area (TPSA) is 73.7 Å². The highest BCUT2D eigenvalue weighted by atomic mass is 16.6. The molecular weight excluding hydrogens is 382 g/mol. The first-order valence-electron chi connectivity index (χ1n) is 10.7. The van der Waals surface area contributed by atoms with E-state index in [0.29, 0.717) is 38.2 Å². The van der Waals surface area contributed by atoms with E-state index in [1.54, 1.807) is 22.0 Å². The zero-order valence-electron chi connectivity index (χ0n) is 17.5. The van der Waals surface area contributed by atoms with Gasteiger partial charge in [0.1, 0.15) is 24.7 Å². The minimum atomic E-state index is -0.514. The Kier molecular flexibility index (Phi) is 6.06. The summed E-state index contributed by atoms with van der Waals surface area (Å²) in [6, 6.07) is 8.07. The molecule has 0 saturated carbocycles. The third kappa shape index (κ3) is 4.35. The fourth-order valence-corrected chi connectivity index (χ4v) is 4.45. The first-order chi connectivity index (χ1) is 14.6. The molecule has 0 atom stereocenters. The number of rotatable bonds is 1. The summed E-state index contributed by atoms with van der Waals surface area (Å²) < 4.78 is 13.2. The van der Waals surface area contributed by atoms with Crippen LogP contribution in [0.4, 0.5) is 0 Å². The molecule has 0 aliphatic carbocycles. The van der Waals surface area contributed by atoms with Crippen molar-refractivity contribution in [1.29, 1.82) is 0 Å². The number of aromatic nitrogens is 2. The van der Waals surface area contributed by atoms with Gasteiger partial charge in [-0.2, -0.15) is 0 Å². The predicted octanol–water partition coefficient (Wildman–Crippen LogP) is 2.99. The van der Waals surface area contributed by atoms with Gasteiger partial charge >= 0.3 is 5.97 Å². The lowest BCUT2D eigenvalue weighted by Crippen LogP contribution is -2.47. The number of fused-ring (bicyclic) bond motifs is 1. The molecule has 3 heterocycles. The van der Waals surface area contributed by atoms with Gasteiger partial charge in [-0.15, -0.1) is 0 Å². The van der Waals surface area contributed by atoms with Gasteiger partial charge in [-0.1, -0.05) is 24.6 Å². The number of carbonyl (C=O) groups is 2. The SMILES string of the molecule is Cn1cnc(C(=O)N2CCC3(CCCCc4ccccc4OCCOC3=O)CC2)c1. The van der Waals surface area contributed by atoms with Crippen LogP contribution in [-0.4, -0.2) is 52.6 Å².